The first-order valence-corrected chi connectivity index (χ1v) is 8.54. The van der Waals surface area contributed by atoms with Gasteiger partial charge in [-0.3, -0.25) is 9.20 Å². The van der Waals surface area contributed by atoms with E-state index >= 15 is 0 Å². The minimum absolute atomic E-state index is 0.268. The monoisotopic (exact) mass is 351 g/mol. The highest BCUT2D eigenvalue weighted by atomic mass is 19.1. The lowest BCUT2D eigenvalue weighted by Crippen LogP contribution is -2.28. The second kappa shape index (κ2) is 6.59. The number of nitrogens with one attached hydrogen (secondary N) is 2. The first-order valence-electron chi connectivity index (χ1n) is 8.54. The molecule has 0 unspecified atom stereocenters. The molecule has 6 nitrogen and oxygen atoms in total. The summed E-state index contributed by atoms with van der Waals surface area (Å²) < 4.78 is 15.1. The molecule has 1 amide bonds. The maximum absolute atomic E-state index is 13.6. The molecule has 0 aliphatic rings. The summed E-state index contributed by atoms with van der Waals surface area (Å²) >= 11 is 0. The van der Waals surface area contributed by atoms with Crippen LogP contribution in [0.5, 0.6) is 0 Å². The van der Waals surface area contributed by atoms with Gasteiger partial charge in [-0.05, 0) is 30.7 Å². The molecular weight excluding hydrogens is 333 g/mol. The third kappa shape index (κ3) is 2.92. The van der Waals surface area contributed by atoms with Crippen molar-refractivity contribution in [3.63, 3.8) is 0 Å². The Bertz CT molecular complexity index is 1060. The van der Waals surface area contributed by atoms with Crippen LogP contribution in [0.1, 0.15) is 28.9 Å². The molecule has 0 spiro atoms. The first kappa shape index (κ1) is 16.3. The second-order valence-corrected chi connectivity index (χ2v) is 6.04. The number of carbonyl (C=O) groups is 1. The minimum Gasteiger partial charge on any atom is -0.350 e. The van der Waals surface area contributed by atoms with E-state index in [0.717, 1.165) is 16.9 Å². The van der Waals surface area contributed by atoms with Crippen LogP contribution in [0.15, 0.2) is 42.6 Å². The lowest BCUT2D eigenvalue weighted by Gasteiger charge is -2.06. The number of aryl methyl sites for hydroxylation is 1. The fourth-order valence-electron chi connectivity index (χ4n) is 3.06. The van der Waals surface area contributed by atoms with Crippen LogP contribution in [-0.2, 0) is 12.8 Å². The number of imidazole rings is 2. The molecule has 2 N–H and O–H groups in total. The van der Waals surface area contributed by atoms with Crippen molar-refractivity contribution in [1.29, 1.82) is 0 Å². The topological polar surface area (TPSA) is 75.1 Å². The molecule has 4 rings (SSSR count). The Morgan fingerprint density at radius 3 is 2.88 bits per heavy atom. The van der Waals surface area contributed by atoms with E-state index in [1.54, 1.807) is 6.07 Å². The number of carbonyl (C=O) groups excluding carboxylic acids is 1. The molecule has 0 bridgehead atoms. The Morgan fingerprint density at radius 1 is 1.23 bits per heavy atom. The third-order valence-corrected chi connectivity index (χ3v) is 4.29. The molecule has 0 aliphatic heterocycles. The fourth-order valence-corrected chi connectivity index (χ4v) is 3.06. The first-order chi connectivity index (χ1) is 12.7. The minimum atomic E-state index is -0.408. The van der Waals surface area contributed by atoms with Crippen molar-refractivity contribution in [2.45, 2.75) is 19.8 Å². The molecule has 0 radical (unpaired) electrons. The van der Waals surface area contributed by atoms with Crippen molar-refractivity contribution in [3.8, 4) is 0 Å². The zero-order chi connectivity index (χ0) is 18.1. The normalized spacial score (nSPS) is 11.3. The number of fused-ring (bicyclic) bond motifs is 2. The molecule has 0 saturated heterocycles. The van der Waals surface area contributed by atoms with Crippen LogP contribution in [0.2, 0.25) is 0 Å². The second-order valence-electron chi connectivity index (χ2n) is 6.04. The summed E-state index contributed by atoms with van der Waals surface area (Å²) in [5.74, 6) is 0.136. The van der Waals surface area contributed by atoms with Gasteiger partial charge in [-0.15, -0.1) is 0 Å². The summed E-state index contributed by atoms with van der Waals surface area (Å²) in [5, 5.41) is 2.88. The van der Waals surface area contributed by atoms with Gasteiger partial charge in [0.15, 0.2) is 0 Å². The van der Waals surface area contributed by atoms with Crippen molar-refractivity contribution >= 4 is 22.6 Å². The van der Waals surface area contributed by atoms with Gasteiger partial charge < -0.3 is 10.3 Å². The van der Waals surface area contributed by atoms with Crippen LogP contribution in [-0.4, -0.2) is 31.8 Å². The number of para-hydroxylation sites is 2. The van der Waals surface area contributed by atoms with E-state index in [1.807, 2.05) is 31.2 Å². The maximum Gasteiger partial charge on any atom is 0.270 e. The van der Waals surface area contributed by atoms with Gasteiger partial charge in [0.1, 0.15) is 23.0 Å². The summed E-state index contributed by atoms with van der Waals surface area (Å²) in [6.07, 6.45) is 2.46. The lowest BCUT2D eigenvalue weighted by molar-refractivity contribution is 0.0947. The third-order valence-electron chi connectivity index (χ3n) is 4.29. The SMILES string of the molecule is CCc1nc2ccc(F)cn2c1C(=O)NCCc1nc2ccccc2[nH]1. The van der Waals surface area contributed by atoms with Crippen LogP contribution in [0.3, 0.4) is 0 Å². The van der Waals surface area contributed by atoms with Gasteiger partial charge in [0.05, 0.1) is 16.7 Å². The number of aromatic nitrogens is 4. The Kier molecular flexibility index (Phi) is 4.12. The average molecular weight is 351 g/mol. The molecule has 7 heteroatoms. The van der Waals surface area contributed by atoms with E-state index in [4.69, 9.17) is 0 Å². The van der Waals surface area contributed by atoms with Crippen LogP contribution in [0, 0.1) is 5.82 Å². The number of hydrogen-bond donors (Lipinski definition) is 2. The summed E-state index contributed by atoms with van der Waals surface area (Å²) in [6, 6.07) is 10.7. The van der Waals surface area contributed by atoms with Crippen molar-refractivity contribution in [2.24, 2.45) is 0 Å². The average Bonchev–Trinajstić information content (AvgIpc) is 3.21. The molecule has 0 saturated carbocycles. The predicted octanol–water partition coefficient (Wildman–Crippen LogP) is 2.88. The van der Waals surface area contributed by atoms with E-state index in [2.05, 4.69) is 20.3 Å². The molecule has 0 fully saturated rings. The Balaban J connectivity index is 1.51. The Morgan fingerprint density at radius 2 is 2.08 bits per heavy atom. The number of hydrogen-bond acceptors (Lipinski definition) is 3. The summed E-state index contributed by atoms with van der Waals surface area (Å²) in [6.45, 7) is 2.34. The van der Waals surface area contributed by atoms with Crippen molar-refractivity contribution in [2.75, 3.05) is 6.54 Å². The molecule has 26 heavy (non-hydrogen) atoms. The summed E-state index contributed by atoms with van der Waals surface area (Å²) in [5.41, 5.74) is 3.47. The number of pyridine rings is 1. The van der Waals surface area contributed by atoms with Gasteiger partial charge in [-0.25, -0.2) is 14.4 Å². The predicted molar refractivity (Wildman–Crippen MR) is 96.7 cm³/mol. The van der Waals surface area contributed by atoms with E-state index in [-0.39, 0.29) is 5.91 Å². The van der Waals surface area contributed by atoms with E-state index < -0.39 is 5.82 Å². The van der Waals surface area contributed by atoms with Gasteiger partial charge in [0, 0.05) is 19.2 Å². The molecule has 0 atom stereocenters. The number of aromatic amines is 1. The highest BCUT2D eigenvalue weighted by molar-refractivity contribution is 5.94. The van der Waals surface area contributed by atoms with Crippen molar-refractivity contribution in [1.82, 2.24) is 24.7 Å². The number of nitrogens with zero attached hydrogens (tertiary/aromatic N) is 3. The number of rotatable bonds is 5. The Labute approximate surface area is 149 Å². The summed E-state index contributed by atoms with van der Waals surface area (Å²) in [7, 11) is 0. The maximum atomic E-state index is 13.6. The van der Waals surface area contributed by atoms with Crippen molar-refractivity contribution < 1.29 is 9.18 Å². The highest BCUT2D eigenvalue weighted by Crippen LogP contribution is 2.15. The number of amides is 1. The van der Waals surface area contributed by atoms with Gasteiger partial charge in [0.25, 0.3) is 5.91 Å². The molecule has 132 valence electrons. The molecule has 1 aromatic carbocycles. The van der Waals surface area contributed by atoms with Gasteiger partial charge in [0.2, 0.25) is 0 Å². The smallest absolute Gasteiger partial charge is 0.270 e. The number of benzene rings is 1. The van der Waals surface area contributed by atoms with E-state index in [0.29, 0.717) is 36.4 Å². The molecule has 3 aromatic heterocycles. The van der Waals surface area contributed by atoms with Gasteiger partial charge in [-0.2, -0.15) is 0 Å². The number of H-pyrrole nitrogens is 1. The zero-order valence-electron chi connectivity index (χ0n) is 14.3. The van der Waals surface area contributed by atoms with Crippen LogP contribution >= 0.6 is 0 Å². The largest absolute Gasteiger partial charge is 0.350 e. The van der Waals surface area contributed by atoms with E-state index in [9.17, 15) is 9.18 Å². The highest BCUT2D eigenvalue weighted by Gasteiger charge is 2.18. The molecule has 4 aromatic rings. The van der Waals surface area contributed by atoms with E-state index in [1.165, 1.54) is 16.7 Å². The van der Waals surface area contributed by atoms with Gasteiger partial charge >= 0.3 is 0 Å². The lowest BCUT2D eigenvalue weighted by atomic mass is 10.2. The molecule has 0 aliphatic carbocycles. The number of halogens is 1. The van der Waals surface area contributed by atoms with Crippen molar-refractivity contribution in [3.05, 3.63) is 65.6 Å². The fraction of sp³-hybridized carbons (Fsp3) is 0.211. The molecule has 3 heterocycles. The van der Waals surface area contributed by atoms with Crippen LogP contribution < -0.4 is 5.32 Å². The zero-order valence-corrected chi connectivity index (χ0v) is 14.3. The molecular formula is C19H18FN5O. The Hall–Kier alpha value is -3.22. The van der Waals surface area contributed by atoms with Gasteiger partial charge in [-0.1, -0.05) is 19.1 Å². The standard InChI is InChI=1S/C19H18FN5O/c1-2-13-18(25-11-12(20)7-8-17(25)24-13)19(26)21-10-9-16-22-14-5-3-4-6-15(14)23-16/h3-8,11H,2,9-10H2,1H3,(H,21,26)(H,22,23). The summed E-state index contributed by atoms with van der Waals surface area (Å²) in [4.78, 5) is 24.8. The van der Waals surface area contributed by atoms with Crippen LogP contribution in [0.25, 0.3) is 16.7 Å². The van der Waals surface area contributed by atoms with Crippen LogP contribution in [0.4, 0.5) is 4.39 Å². The quantitative estimate of drug-likeness (QED) is 0.580.